The molecule has 26 heavy (non-hydrogen) atoms. The monoisotopic (exact) mass is 388 g/mol. The summed E-state index contributed by atoms with van der Waals surface area (Å²) in [6.07, 6.45) is 2.22. The van der Waals surface area contributed by atoms with Crippen molar-refractivity contribution in [1.29, 1.82) is 0 Å². The minimum absolute atomic E-state index is 0.0135. The van der Waals surface area contributed by atoms with E-state index in [9.17, 15) is 19.0 Å². The van der Waals surface area contributed by atoms with Crippen LogP contribution in [0.1, 0.15) is 26.7 Å². The van der Waals surface area contributed by atoms with E-state index in [0.717, 1.165) is 4.57 Å². The zero-order valence-electron chi connectivity index (χ0n) is 15.3. The second-order valence-electron chi connectivity index (χ2n) is 5.79. The molecule has 0 radical (unpaired) electrons. The molecular weight excluding hydrogens is 363 g/mol. The summed E-state index contributed by atoms with van der Waals surface area (Å²) < 4.78 is 25.8. The van der Waals surface area contributed by atoms with E-state index in [1.165, 1.54) is 10.9 Å². The van der Waals surface area contributed by atoms with Gasteiger partial charge in [0.1, 0.15) is 6.73 Å². The van der Waals surface area contributed by atoms with Crippen LogP contribution in [-0.4, -0.2) is 43.0 Å². The third-order valence-electron chi connectivity index (χ3n) is 3.94. The fourth-order valence-corrected chi connectivity index (χ4v) is 3.81. The Balaban J connectivity index is 2.23. The van der Waals surface area contributed by atoms with Crippen molar-refractivity contribution < 1.29 is 18.7 Å². The van der Waals surface area contributed by atoms with Gasteiger partial charge in [0.15, 0.2) is 11.2 Å². The van der Waals surface area contributed by atoms with Crippen LogP contribution in [0, 0.1) is 0 Å². The number of nitrogens with zero attached hydrogens (tertiary/aromatic N) is 4. The van der Waals surface area contributed by atoms with Crippen LogP contribution in [0.3, 0.4) is 0 Å². The first-order valence-corrected chi connectivity index (χ1v) is 10.3. The molecule has 2 aromatic heterocycles. The second kappa shape index (κ2) is 8.77. The van der Waals surface area contributed by atoms with Crippen molar-refractivity contribution in [1.82, 2.24) is 18.7 Å². The Kier molecular flexibility index (Phi) is 6.94. The molecule has 2 aromatic rings. The number of ether oxygens (including phenoxy) is 1. The van der Waals surface area contributed by atoms with Gasteiger partial charge >= 0.3 is 13.3 Å². The van der Waals surface area contributed by atoms with Crippen molar-refractivity contribution in [3.05, 3.63) is 27.2 Å². The van der Waals surface area contributed by atoms with Crippen LogP contribution in [0.15, 0.2) is 15.9 Å². The van der Waals surface area contributed by atoms with Crippen molar-refractivity contribution >= 4 is 18.8 Å². The van der Waals surface area contributed by atoms with Gasteiger partial charge in [0, 0.05) is 20.2 Å². The Bertz CT molecular complexity index is 915. The maximum atomic E-state index is 12.7. The van der Waals surface area contributed by atoms with E-state index >= 15 is 0 Å². The molecule has 1 N–H and O–H groups in total. The summed E-state index contributed by atoms with van der Waals surface area (Å²) in [5.41, 5.74) is -0.326. The van der Waals surface area contributed by atoms with Crippen molar-refractivity contribution in [2.75, 3.05) is 19.4 Å². The van der Waals surface area contributed by atoms with Crippen LogP contribution in [0.4, 0.5) is 0 Å². The molecule has 2 heterocycles. The molecule has 2 rings (SSSR count). The van der Waals surface area contributed by atoms with Crippen LogP contribution in [-0.2, 0) is 34.1 Å². The summed E-state index contributed by atoms with van der Waals surface area (Å²) in [5, 5.41) is 0. The van der Waals surface area contributed by atoms with Gasteiger partial charge in [-0.25, -0.2) is 9.78 Å². The summed E-state index contributed by atoms with van der Waals surface area (Å²) in [5.74, 6) is 0. The highest BCUT2D eigenvalue weighted by Crippen LogP contribution is 2.42. The Morgan fingerprint density at radius 2 is 1.96 bits per heavy atom. The van der Waals surface area contributed by atoms with Gasteiger partial charge < -0.3 is 18.7 Å². The van der Waals surface area contributed by atoms with Crippen LogP contribution in [0.25, 0.3) is 11.2 Å². The van der Waals surface area contributed by atoms with Gasteiger partial charge in [0.05, 0.1) is 19.1 Å². The normalized spacial score (nSPS) is 14.0. The van der Waals surface area contributed by atoms with E-state index in [4.69, 9.17) is 9.26 Å². The molecule has 146 valence electrons. The van der Waals surface area contributed by atoms with Crippen molar-refractivity contribution in [3.8, 4) is 0 Å². The summed E-state index contributed by atoms with van der Waals surface area (Å²) in [7, 11) is -2.05. The lowest BCUT2D eigenvalue weighted by molar-refractivity contribution is 0.0903. The van der Waals surface area contributed by atoms with Gasteiger partial charge in [-0.05, 0) is 26.7 Å². The van der Waals surface area contributed by atoms with E-state index in [0.29, 0.717) is 30.6 Å². The number of fused-ring (bicyclic) bond motifs is 1. The number of aryl methyl sites for hydroxylation is 1. The molecule has 0 aliphatic heterocycles. The molecule has 0 aliphatic carbocycles. The van der Waals surface area contributed by atoms with Crippen LogP contribution >= 0.6 is 7.60 Å². The maximum Gasteiger partial charge on any atom is 0.332 e. The zero-order chi connectivity index (χ0) is 19.3. The first-order valence-electron chi connectivity index (χ1n) is 8.51. The average molecular weight is 388 g/mol. The predicted molar refractivity (Wildman–Crippen MR) is 96.4 cm³/mol. The Morgan fingerprint density at radius 3 is 2.62 bits per heavy atom. The Labute approximate surface area is 150 Å². The van der Waals surface area contributed by atoms with E-state index < -0.39 is 18.8 Å². The van der Waals surface area contributed by atoms with Gasteiger partial charge in [0.2, 0.25) is 0 Å². The highest BCUT2D eigenvalue weighted by molar-refractivity contribution is 7.52. The van der Waals surface area contributed by atoms with Crippen LogP contribution in [0.2, 0.25) is 0 Å². The molecule has 10 nitrogen and oxygen atoms in total. The van der Waals surface area contributed by atoms with E-state index in [2.05, 4.69) is 4.98 Å². The molecule has 0 bridgehead atoms. The standard InChI is InChI=1S/C15H25N4O6P/c1-4-24-11-18-10-16-13-12(18)14(20)19(15(21)17(13)3)8-6-7-9-26(22,23)25-5-2/h10H,4-9,11H2,1-3H3,(H,22,23). The topological polar surface area (TPSA) is 118 Å². The lowest BCUT2D eigenvalue weighted by Crippen LogP contribution is -2.39. The molecule has 1 atom stereocenters. The minimum Gasteiger partial charge on any atom is -0.361 e. The minimum atomic E-state index is -3.60. The molecule has 0 aliphatic rings. The van der Waals surface area contributed by atoms with Gasteiger partial charge in [-0.2, -0.15) is 0 Å². The zero-order valence-corrected chi connectivity index (χ0v) is 16.1. The number of hydrogen-bond acceptors (Lipinski definition) is 6. The highest BCUT2D eigenvalue weighted by Gasteiger charge is 2.19. The smallest absolute Gasteiger partial charge is 0.332 e. The first-order chi connectivity index (χ1) is 12.3. The largest absolute Gasteiger partial charge is 0.361 e. The number of imidazole rings is 1. The Hall–Kier alpha value is -1.74. The van der Waals surface area contributed by atoms with Gasteiger partial charge in [-0.3, -0.25) is 18.5 Å². The second-order valence-corrected chi connectivity index (χ2v) is 7.77. The molecule has 0 saturated carbocycles. The number of aromatic nitrogens is 4. The predicted octanol–water partition coefficient (Wildman–Crippen LogP) is 0.893. The number of unbranched alkanes of at least 4 members (excludes halogenated alkanes) is 1. The first kappa shape index (κ1) is 20.6. The summed E-state index contributed by atoms with van der Waals surface area (Å²) >= 11 is 0. The van der Waals surface area contributed by atoms with Crippen LogP contribution < -0.4 is 11.2 Å². The maximum absolute atomic E-state index is 12.7. The molecule has 1 unspecified atom stereocenters. The molecule has 0 saturated heterocycles. The molecule has 0 amide bonds. The van der Waals surface area contributed by atoms with Crippen molar-refractivity contribution in [2.24, 2.45) is 7.05 Å². The highest BCUT2D eigenvalue weighted by atomic mass is 31.2. The van der Waals surface area contributed by atoms with Crippen LogP contribution in [0.5, 0.6) is 0 Å². The van der Waals surface area contributed by atoms with Crippen molar-refractivity contribution in [2.45, 2.75) is 40.0 Å². The fraction of sp³-hybridized carbons (Fsp3) is 0.667. The lowest BCUT2D eigenvalue weighted by atomic mass is 10.3. The lowest BCUT2D eigenvalue weighted by Gasteiger charge is -2.12. The summed E-state index contributed by atoms with van der Waals surface area (Å²) in [4.78, 5) is 38.9. The SMILES string of the molecule is CCOCn1cnc2c1c(=O)n(CCCCP(=O)(O)OCC)c(=O)n2C. The third kappa shape index (κ3) is 4.50. The van der Waals surface area contributed by atoms with Gasteiger partial charge in [-0.15, -0.1) is 0 Å². The average Bonchev–Trinajstić information content (AvgIpc) is 3.01. The van der Waals surface area contributed by atoms with E-state index in [1.54, 1.807) is 18.5 Å². The van der Waals surface area contributed by atoms with E-state index in [-0.39, 0.29) is 26.0 Å². The molecular formula is C15H25N4O6P. The number of hydrogen-bond donors (Lipinski definition) is 1. The third-order valence-corrected chi connectivity index (χ3v) is 5.48. The molecule has 11 heteroatoms. The molecule has 0 spiro atoms. The Morgan fingerprint density at radius 1 is 1.23 bits per heavy atom. The molecule has 0 aromatic carbocycles. The summed E-state index contributed by atoms with van der Waals surface area (Å²) in [6, 6.07) is 0. The van der Waals surface area contributed by atoms with Crippen molar-refractivity contribution in [3.63, 3.8) is 0 Å². The van der Waals surface area contributed by atoms with Gasteiger partial charge in [0.25, 0.3) is 5.56 Å². The van der Waals surface area contributed by atoms with Gasteiger partial charge in [-0.1, -0.05) is 0 Å². The molecule has 0 fully saturated rings. The quantitative estimate of drug-likeness (QED) is 0.474. The number of rotatable bonds is 10. The fourth-order valence-electron chi connectivity index (χ4n) is 2.65. The van der Waals surface area contributed by atoms with E-state index in [1.807, 2.05) is 6.92 Å². The summed E-state index contributed by atoms with van der Waals surface area (Å²) in [6.45, 7) is 4.45.